The third-order valence-corrected chi connectivity index (χ3v) is 3.42. The highest BCUT2D eigenvalue weighted by Gasteiger charge is 2.10. The summed E-state index contributed by atoms with van der Waals surface area (Å²) in [5.41, 5.74) is 7.68. The number of hydrogen-bond donors (Lipinski definition) is 2. The van der Waals surface area contributed by atoms with E-state index in [4.69, 9.17) is 0 Å². The molecule has 0 radical (unpaired) electrons. The molecule has 0 unspecified atom stereocenters. The number of hydrogen-bond acceptors (Lipinski definition) is 5. The number of rotatable bonds is 4. The number of nitrogens with one attached hydrogen (secondary N) is 2. The molecule has 1 heterocycles. The van der Waals surface area contributed by atoms with Crippen LogP contribution in [0.25, 0.3) is 0 Å². The Balaban J connectivity index is 2.08. The lowest BCUT2D eigenvalue weighted by Gasteiger charge is -2.10. The summed E-state index contributed by atoms with van der Waals surface area (Å²) in [7, 11) is 0. The van der Waals surface area contributed by atoms with Gasteiger partial charge in [-0.25, -0.2) is 9.97 Å². The quantitative estimate of drug-likeness (QED) is 0.668. The van der Waals surface area contributed by atoms with Crippen LogP contribution in [0.1, 0.15) is 21.7 Å². The second kappa shape index (κ2) is 6.38. The van der Waals surface area contributed by atoms with Gasteiger partial charge in [-0.05, 0) is 38.3 Å². The minimum Gasteiger partial charge on any atom is -0.267 e. The fourth-order valence-electron chi connectivity index (χ4n) is 1.79. The van der Waals surface area contributed by atoms with Crippen molar-refractivity contribution in [3.05, 3.63) is 47.3 Å². The van der Waals surface area contributed by atoms with Crippen LogP contribution in [0, 0.1) is 13.8 Å². The predicted octanol–water partition coefficient (Wildman–Crippen LogP) is 2.57. The van der Waals surface area contributed by atoms with E-state index in [0.717, 1.165) is 16.3 Å². The number of aromatic nitrogens is 2. The lowest BCUT2D eigenvalue weighted by atomic mass is 10.2. The smallest absolute Gasteiger partial charge is 0.267 e. The maximum Gasteiger partial charge on any atom is 0.270 e. The van der Waals surface area contributed by atoms with Crippen molar-refractivity contribution in [1.29, 1.82) is 0 Å². The van der Waals surface area contributed by atoms with Gasteiger partial charge in [0.15, 0.2) is 0 Å². The highest BCUT2D eigenvalue weighted by atomic mass is 32.2. The fraction of sp³-hybridized carbons (Fsp3) is 0.214. The first-order valence-corrected chi connectivity index (χ1v) is 7.34. The van der Waals surface area contributed by atoms with Crippen molar-refractivity contribution < 1.29 is 4.79 Å². The summed E-state index contributed by atoms with van der Waals surface area (Å²) >= 11 is 1.53. The molecule has 1 aromatic heterocycles. The zero-order chi connectivity index (χ0) is 14.5. The Morgan fingerprint density at radius 1 is 1.15 bits per heavy atom. The van der Waals surface area contributed by atoms with Crippen LogP contribution >= 0.6 is 11.8 Å². The van der Waals surface area contributed by atoms with E-state index in [9.17, 15) is 4.79 Å². The monoisotopic (exact) mass is 288 g/mol. The molecule has 2 aromatic rings. The standard InChI is InChI=1S/C14H16N4OS/c1-9-8-10(2)16-14(15-9)18-17-13(19)11-6-4-5-7-12(11)20-3/h4-8H,1-3H3,(H,17,19)(H,15,16,18). The maximum atomic E-state index is 12.1. The molecule has 2 N–H and O–H groups in total. The van der Waals surface area contributed by atoms with E-state index in [0.29, 0.717) is 11.5 Å². The van der Waals surface area contributed by atoms with Gasteiger partial charge < -0.3 is 0 Å². The molecule has 104 valence electrons. The Bertz CT molecular complexity index is 610. The summed E-state index contributed by atoms with van der Waals surface area (Å²) in [6.45, 7) is 3.76. The molecule has 2 rings (SSSR count). The van der Waals surface area contributed by atoms with Crippen molar-refractivity contribution in [2.75, 3.05) is 11.7 Å². The Morgan fingerprint density at radius 3 is 2.45 bits per heavy atom. The van der Waals surface area contributed by atoms with E-state index < -0.39 is 0 Å². The molecule has 5 nitrogen and oxygen atoms in total. The average Bonchev–Trinajstić information content (AvgIpc) is 2.43. The summed E-state index contributed by atoms with van der Waals surface area (Å²) in [5, 5.41) is 0. The third kappa shape index (κ3) is 3.48. The Hall–Kier alpha value is -2.08. The second-order valence-corrected chi connectivity index (χ2v) is 5.10. The number of nitrogens with zero attached hydrogens (tertiary/aromatic N) is 2. The molecular formula is C14H16N4OS. The highest BCUT2D eigenvalue weighted by Crippen LogP contribution is 2.19. The van der Waals surface area contributed by atoms with Crippen molar-refractivity contribution in [2.45, 2.75) is 18.7 Å². The Kier molecular flexibility index (Phi) is 4.57. The highest BCUT2D eigenvalue weighted by molar-refractivity contribution is 7.98. The molecule has 0 bridgehead atoms. The largest absolute Gasteiger partial charge is 0.270 e. The van der Waals surface area contributed by atoms with Crippen LogP contribution in [-0.2, 0) is 0 Å². The number of carbonyl (C=O) groups excluding carboxylic acids is 1. The normalized spacial score (nSPS) is 10.2. The molecule has 0 saturated carbocycles. The number of aryl methyl sites for hydroxylation is 2. The number of hydrazine groups is 1. The van der Waals surface area contributed by atoms with Crippen LogP contribution in [0.4, 0.5) is 5.95 Å². The number of carbonyl (C=O) groups is 1. The van der Waals surface area contributed by atoms with Crippen molar-refractivity contribution >= 4 is 23.6 Å². The Morgan fingerprint density at radius 2 is 1.80 bits per heavy atom. The van der Waals surface area contributed by atoms with Crippen LogP contribution in [0.5, 0.6) is 0 Å². The maximum absolute atomic E-state index is 12.1. The van der Waals surface area contributed by atoms with Crippen molar-refractivity contribution in [2.24, 2.45) is 0 Å². The topological polar surface area (TPSA) is 66.9 Å². The molecule has 0 aliphatic carbocycles. The predicted molar refractivity (Wildman–Crippen MR) is 80.8 cm³/mol. The summed E-state index contributed by atoms with van der Waals surface area (Å²) in [6.07, 6.45) is 1.94. The second-order valence-electron chi connectivity index (χ2n) is 4.25. The van der Waals surface area contributed by atoms with Crippen LogP contribution in [0.2, 0.25) is 0 Å². The number of anilines is 1. The molecule has 0 aliphatic heterocycles. The minimum atomic E-state index is -0.210. The average molecular weight is 288 g/mol. The van der Waals surface area contributed by atoms with E-state index in [2.05, 4.69) is 20.8 Å². The van der Waals surface area contributed by atoms with E-state index >= 15 is 0 Å². The van der Waals surface area contributed by atoms with Crippen LogP contribution in [0.3, 0.4) is 0 Å². The molecule has 0 fully saturated rings. The SMILES string of the molecule is CSc1ccccc1C(=O)NNc1nc(C)cc(C)n1. The van der Waals surface area contributed by atoms with E-state index in [1.165, 1.54) is 11.8 Å². The summed E-state index contributed by atoms with van der Waals surface area (Å²) in [5.74, 6) is 0.176. The molecule has 0 atom stereocenters. The number of thioether (sulfide) groups is 1. The molecule has 1 aromatic carbocycles. The molecule has 20 heavy (non-hydrogen) atoms. The van der Waals surface area contributed by atoms with Gasteiger partial charge in [0.25, 0.3) is 5.91 Å². The molecular weight excluding hydrogens is 272 g/mol. The van der Waals surface area contributed by atoms with Crippen molar-refractivity contribution in [3.8, 4) is 0 Å². The lowest BCUT2D eigenvalue weighted by molar-refractivity contribution is 0.0959. The third-order valence-electron chi connectivity index (χ3n) is 2.62. The van der Waals surface area contributed by atoms with Crippen LogP contribution in [-0.4, -0.2) is 22.1 Å². The summed E-state index contributed by atoms with van der Waals surface area (Å²) in [6, 6.07) is 9.30. The van der Waals surface area contributed by atoms with E-state index in [-0.39, 0.29) is 5.91 Å². The van der Waals surface area contributed by atoms with Gasteiger partial charge in [0.1, 0.15) is 0 Å². The van der Waals surface area contributed by atoms with Gasteiger partial charge in [-0.15, -0.1) is 11.8 Å². The molecule has 0 aliphatic rings. The first-order valence-electron chi connectivity index (χ1n) is 6.12. The van der Waals surface area contributed by atoms with Crippen molar-refractivity contribution in [3.63, 3.8) is 0 Å². The van der Waals surface area contributed by atoms with Gasteiger partial charge >= 0.3 is 0 Å². The Labute approximate surface area is 122 Å². The zero-order valence-corrected chi connectivity index (χ0v) is 12.4. The molecule has 0 saturated heterocycles. The molecule has 0 spiro atoms. The van der Waals surface area contributed by atoms with Gasteiger partial charge in [0.2, 0.25) is 5.95 Å². The minimum absolute atomic E-state index is 0.210. The van der Waals surface area contributed by atoms with Gasteiger partial charge in [0.05, 0.1) is 5.56 Å². The first-order chi connectivity index (χ1) is 9.60. The van der Waals surface area contributed by atoms with E-state index in [1.807, 2.05) is 44.4 Å². The van der Waals surface area contributed by atoms with Crippen molar-refractivity contribution in [1.82, 2.24) is 15.4 Å². The van der Waals surface area contributed by atoms with E-state index in [1.54, 1.807) is 6.07 Å². The number of amides is 1. The zero-order valence-electron chi connectivity index (χ0n) is 11.6. The van der Waals surface area contributed by atoms with Gasteiger partial charge in [0, 0.05) is 16.3 Å². The van der Waals surface area contributed by atoms with Gasteiger partial charge in [-0.3, -0.25) is 15.6 Å². The fourth-order valence-corrected chi connectivity index (χ4v) is 2.39. The first kappa shape index (κ1) is 14.3. The molecule has 6 heteroatoms. The summed E-state index contributed by atoms with van der Waals surface area (Å²) < 4.78 is 0. The number of benzene rings is 1. The van der Waals surface area contributed by atoms with Crippen LogP contribution in [0.15, 0.2) is 35.2 Å². The van der Waals surface area contributed by atoms with Crippen LogP contribution < -0.4 is 10.9 Å². The van der Waals surface area contributed by atoms with Gasteiger partial charge in [-0.1, -0.05) is 12.1 Å². The molecule has 1 amide bonds. The summed E-state index contributed by atoms with van der Waals surface area (Å²) in [4.78, 5) is 21.4. The van der Waals surface area contributed by atoms with Gasteiger partial charge in [-0.2, -0.15) is 0 Å². The lowest BCUT2D eigenvalue weighted by Crippen LogP contribution is -2.30.